The molecule has 4 aliphatic carbocycles. The third-order valence-electron chi connectivity index (χ3n) is 10.7. The van der Waals surface area contributed by atoms with Crippen LogP contribution < -0.4 is 0 Å². The Morgan fingerprint density at radius 3 is 2.53 bits per heavy atom. The predicted octanol–water partition coefficient (Wildman–Crippen LogP) is 5.37. The zero-order valence-corrected chi connectivity index (χ0v) is 21.5. The predicted molar refractivity (Wildman–Crippen MR) is 131 cm³/mol. The normalized spacial score (nSPS) is 41.4. The molecule has 4 aliphatic rings. The second-order valence-electron chi connectivity index (χ2n) is 12.4. The third kappa shape index (κ3) is 3.73. The Bertz CT molecular complexity index is 946. The van der Waals surface area contributed by atoms with Gasteiger partial charge in [0, 0.05) is 29.7 Å². The first-order valence-electron chi connectivity index (χ1n) is 13.2. The maximum atomic E-state index is 13.8. The van der Waals surface area contributed by atoms with Gasteiger partial charge in [0.2, 0.25) is 0 Å². The Kier molecular flexibility index (Phi) is 6.50. The van der Waals surface area contributed by atoms with E-state index in [0.717, 1.165) is 36.0 Å². The molecule has 5 nitrogen and oxygen atoms in total. The number of rotatable bonds is 6. The van der Waals surface area contributed by atoms with Gasteiger partial charge in [-0.15, -0.1) is 0 Å². The van der Waals surface area contributed by atoms with Crippen molar-refractivity contribution in [3.05, 3.63) is 23.3 Å². The van der Waals surface area contributed by atoms with Crippen molar-refractivity contribution in [1.82, 2.24) is 0 Å². The first kappa shape index (κ1) is 25.3. The highest BCUT2D eigenvalue weighted by molar-refractivity contribution is 6.00. The second-order valence-corrected chi connectivity index (χ2v) is 12.4. The summed E-state index contributed by atoms with van der Waals surface area (Å²) in [7, 11) is 0. The molecule has 5 heteroatoms. The third-order valence-corrected chi connectivity index (χ3v) is 10.7. The van der Waals surface area contributed by atoms with Crippen molar-refractivity contribution in [2.45, 2.75) is 92.1 Å². The number of carboxylic acids is 1. The zero-order valence-electron chi connectivity index (χ0n) is 21.5. The Morgan fingerprint density at radius 2 is 1.88 bits per heavy atom. The summed E-state index contributed by atoms with van der Waals surface area (Å²) in [6, 6.07) is 0. The molecule has 0 aromatic carbocycles. The smallest absolute Gasteiger partial charge is 0.310 e. The molecule has 0 spiro atoms. The highest BCUT2D eigenvalue weighted by Gasteiger charge is 2.61. The average Bonchev–Trinajstić information content (AvgIpc) is 3.11. The molecular weight excluding hydrogens is 428 g/mol. The number of Topliss-reactive ketones (excluding diaryl/α,β-unsaturated/α-hetero) is 2. The van der Waals surface area contributed by atoms with Gasteiger partial charge in [-0.3, -0.25) is 14.4 Å². The van der Waals surface area contributed by atoms with Gasteiger partial charge < -0.3 is 10.2 Å². The Balaban J connectivity index is 1.61. The van der Waals surface area contributed by atoms with Crippen molar-refractivity contribution in [3.8, 4) is 0 Å². The van der Waals surface area contributed by atoms with E-state index in [0.29, 0.717) is 43.9 Å². The van der Waals surface area contributed by atoms with Crippen LogP contribution in [0.15, 0.2) is 23.3 Å². The average molecular weight is 471 g/mol. The van der Waals surface area contributed by atoms with Gasteiger partial charge in [0.05, 0.1) is 12.0 Å². The van der Waals surface area contributed by atoms with Crippen molar-refractivity contribution in [2.75, 3.05) is 0 Å². The molecule has 0 aromatic heterocycles. The number of allylic oxidation sites excluding steroid dienone is 1. The Morgan fingerprint density at radius 1 is 1.21 bits per heavy atom. The molecule has 0 saturated heterocycles. The minimum Gasteiger partial charge on any atom is -0.481 e. The number of fused-ring (bicyclic) bond motifs is 4. The molecule has 0 radical (unpaired) electrons. The molecule has 2 fully saturated rings. The molecule has 0 aromatic rings. The molecule has 0 heterocycles. The molecule has 0 aliphatic heterocycles. The first-order valence-corrected chi connectivity index (χ1v) is 13.2. The summed E-state index contributed by atoms with van der Waals surface area (Å²) < 4.78 is 0. The zero-order chi connectivity index (χ0) is 25.2. The standard InChI is InChI=1S/C29H42O5/c1-15(17(3)27(33)34)7-8-16(2)19-9-10-20-25-23(31)13-21-18(4)22(30)11-12-28(21,5)26(25)24(32)14-29(19,20)6/h16-21,23,31H,1,7-14H2,2-6H3,(H,33,34)/t16-,17+,18+,19?,20?,21?,23+,28+,29-/m1/s1. The van der Waals surface area contributed by atoms with Gasteiger partial charge in [0.25, 0.3) is 0 Å². The van der Waals surface area contributed by atoms with Crippen molar-refractivity contribution >= 4 is 17.5 Å². The van der Waals surface area contributed by atoms with Gasteiger partial charge in [-0.2, -0.15) is 0 Å². The van der Waals surface area contributed by atoms with Gasteiger partial charge in [0.1, 0.15) is 5.78 Å². The fourth-order valence-corrected chi connectivity index (χ4v) is 8.50. The fourth-order valence-electron chi connectivity index (χ4n) is 8.50. The summed E-state index contributed by atoms with van der Waals surface area (Å²) in [6.45, 7) is 14.3. The molecule has 34 heavy (non-hydrogen) atoms. The number of carboxylic acid groups (broad SMARTS) is 1. The monoisotopic (exact) mass is 470 g/mol. The molecule has 0 amide bonds. The van der Waals surface area contributed by atoms with Crippen LogP contribution in [-0.4, -0.2) is 33.9 Å². The van der Waals surface area contributed by atoms with Crippen LogP contribution >= 0.6 is 0 Å². The lowest BCUT2D eigenvalue weighted by Gasteiger charge is -2.55. The summed E-state index contributed by atoms with van der Waals surface area (Å²) in [5.74, 6) is -0.0967. The molecule has 2 N–H and O–H groups in total. The number of hydrogen-bond donors (Lipinski definition) is 2. The van der Waals surface area contributed by atoms with Gasteiger partial charge in [0.15, 0.2) is 5.78 Å². The van der Waals surface area contributed by atoms with Crippen LogP contribution in [0.2, 0.25) is 0 Å². The quantitative estimate of drug-likeness (QED) is 0.509. The number of aliphatic hydroxyl groups is 1. The van der Waals surface area contributed by atoms with Gasteiger partial charge in [-0.05, 0) is 80.1 Å². The molecule has 0 bridgehead atoms. The molecular formula is C29H42O5. The number of carbonyl (C=O) groups is 3. The number of aliphatic carboxylic acids is 1. The van der Waals surface area contributed by atoms with E-state index in [1.54, 1.807) is 6.92 Å². The molecule has 9 atom stereocenters. The van der Waals surface area contributed by atoms with Crippen LogP contribution in [0.3, 0.4) is 0 Å². The molecule has 3 unspecified atom stereocenters. The minimum absolute atomic E-state index is 0.0363. The van der Waals surface area contributed by atoms with Crippen molar-refractivity contribution in [2.24, 2.45) is 46.3 Å². The van der Waals surface area contributed by atoms with Crippen LogP contribution in [0, 0.1) is 46.3 Å². The van der Waals surface area contributed by atoms with E-state index in [1.807, 2.05) is 6.92 Å². The highest BCUT2D eigenvalue weighted by Crippen LogP contribution is 2.65. The second kappa shape index (κ2) is 8.72. The summed E-state index contributed by atoms with van der Waals surface area (Å²) in [5.41, 5.74) is 2.13. The summed E-state index contributed by atoms with van der Waals surface area (Å²) in [5, 5.41) is 20.6. The maximum absolute atomic E-state index is 13.8. The van der Waals surface area contributed by atoms with Crippen LogP contribution in [0.4, 0.5) is 0 Å². The van der Waals surface area contributed by atoms with Crippen molar-refractivity contribution in [1.29, 1.82) is 0 Å². The lowest BCUT2D eigenvalue weighted by Crippen LogP contribution is -2.54. The Hall–Kier alpha value is -1.75. The van der Waals surface area contributed by atoms with E-state index >= 15 is 0 Å². The largest absolute Gasteiger partial charge is 0.481 e. The van der Waals surface area contributed by atoms with E-state index in [1.165, 1.54) is 0 Å². The van der Waals surface area contributed by atoms with E-state index in [4.69, 9.17) is 0 Å². The van der Waals surface area contributed by atoms with E-state index in [2.05, 4.69) is 27.4 Å². The van der Waals surface area contributed by atoms with Crippen LogP contribution in [0.5, 0.6) is 0 Å². The van der Waals surface area contributed by atoms with Gasteiger partial charge in [-0.1, -0.05) is 39.8 Å². The Labute approximate surface area is 204 Å². The fraction of sp³-hybridized carbons (Fsp3) is 0.759. The van der Waals surface area contributed by atoms with Crippen molar-refractivity contribution < 1.29 is 24.6 Å². The van der Waals surface area contributed by atoms with Crippen molar-refractivity contribution in [3.63, 3.8) is 0 Å². The molecule has 4 rings (SSSR count). The SMILES string of the molecule is C=C(CC[C@@H](C)C1CCC2C3=C(C(=O)C[C@@]21C)[C@@]1(C)CCC(=O)[C@@H](C)C1C[C@@H]3O)[C@H](C)C(=O)O. The number of aliphatic hydroxyl groups excluding tert-OH is 1. The van der Waals surface area contributed by atoms with Crippen LogP contribution in [0.1, 0.15) is 86.0 Å². The lowest BCUT2D eigenvalue weighted by molar-refractivity contribution is -0.140. The van der Waals surface area contributed by atoms with E-state index in [-0.39, 0.29) is 40.2 Å². The highest BCUT2D eigenvalue weighted by atomic mass is 16.4. The molecule has 188 valence electrons. The number of carbonyl (C=O) groups excluding carboxylic acids is 2. The summed E-state index contributed by atoms with van der Waals surface area (Å²) >= 11 is 0. The van der Waals surface area contributed by atoms with Crippen LogP contribution in [0.25, 0.3) is 0 Å². The van der Waals surface area contributed by atoms with Crippen LogP contribution in [-0.2, 0) is 14.4 Å². The van der Waals surface area contributed by atoms with Gasteiger partial charge in [-0.25, -0.2) is 0 Å². The maximum Gasteiger partial charge on any atom is 0.310 e. The summed E-state index contributed by atoms with van der Waals surface area (Å²) in [4.78, 5) is 37.6. The summed E-state index contributed by atoms with van der Waals surface area (Å²) in [6.07, 6.45) is 5.24. The number of hydrogen-bond acceptors (Lipinski definition) is 4. The van der Waals surface area contributed by atoms with E-state index < -0.39 is 18.0 Å². The van der Waals surface area contributed by atoms with E-state index in [9.17, 15) is 24.6 Å². The number of ketones is 2. The molecule has 2 saturated carbocycles. The first-order chi connectivity index (χ1) is 15.8. The topological polar surface area (TPSA) is 91.7 Å². The minimum atomic E-state index is -0.834. The van der Waals surface area contributed by atoms with Gasteiger partial charge >= 0.3 is 5.97 Å². The lowest BCUT2D eigenvalue weighted by atomic mass is 9.48.